The fraction of sp³-hybridized carbons (Fsp3) is 0.0556. The van der Waals surface area contributed by atoms with E-state index < -0.39 is 0 Å². The minimum atomic E-state index is -0.344. The van der Waals surface area contributed by atoms with Gasteiger partial charge in [0.1, 0.15) is 11.3 Å². The van der Waals surface area contributed by atoms with E-state index in [0.29, 0.717) is 17.5 Å². The zero-order valence-electron chi connectivity index (χ0n) is 32.6. The lowest BCUT2D eigenvalue weighted by molar-refractivity contribution is 0.425. The highest BCUT2D eigenvalue weighted by Gasteiger charge is 2.34. The van der Waals surface area contributed by atoms with Crippen LogP contribution in [0.2, 0.25) is 0 Å². The quantitative estimate of drug-likeness (QED) is 0.178. The molecule has 0 fully saturated rings. The Hall–Kier alpha value is -7.41. The second-order valence-corrected chi connectivity index (χ2v) is 17.3. The third-order valence-electron chi connectivity index (χ3n) is 12.5. The number of thiophene rings is 1. The molecule has 13 rings (SSSR count). The third-order valence-corrected chi connectivity index (χ3v) is 13.7. The van der Waals surface area contributed by atoms with Gasteiger partial charge in [0, 0.05) is 70.5 Å². The lowest BCUT2D eigenvalue weighted by Crippen LogP contribution is -2.32. The summed E-state index contributed by atoms with van der Waals surface area (Å²) in [5.41, 5.74) is 7.10. The van der Waals surface area contributed by atoms with Crippen LogP contribution >= 0.6 is 11.3 Å². The monoisotopic (exact) mass is 786 g/mol. The van der Waals surface area contributed by atoms with Gasteiger partial charge in [0.15, 0.2) is 17.5 Å². The zero-order valence-corrected chi connectivity index (χ0v) is 33.4. The van der Waals surface area contributed by atoms with E-state index in [2.05, 4.69) is 169 Å². The first-order chi connectivity index (χ1) is 29.5. The Morgan fingerprint density at radius 3 is 2.05 bits per heavy atom. The van der Waals surface area contributed by atoms with E-state index in [9.17, 15) is 0 Å². The third kappa shape index (κ3) is 5.01. The van der Waals surface area contributed by atoms with Crippen LogP contribution in [0.4, 0.5) is 0 Å². The number of aromatic nitrogens is 4. The zero-order chi connectivity index (χ0) is 39.5. The van der Waals surface area contributed by atoms with Crippen LogP contribution in [-0.4, -0.2) is 19.5 Å². The Kier molecular flexibility index (Phi) is 7.02. The highest BCUT2D eigenvalue weighted by atomic mass is 32.1. The van der Waals surface area contributed by atoms with Crippen molar-refractivity contribution < 1.29 is 4.42 Å². The molecule has 1 unspecified atom stereocenters. The van der Waals surface area contributed by atoms with Gasteiger partial charge in [0.05, 0.1) is 11.1 Å². The summed E-state index contributed by atoms with van der Waals surface area (Å²) in [4.78, 5) is 15.3. The van der Waals surface area contributed by atoms with E-state index in [4.69, 9.17) is 19.4 Å². The molecule has 0 saturated heterocycles. The van der Waals surface area contributed by atoms with E-state index in [-0.39, 0.29) is 5.54 Å². The topological polar surface area (TPSA) is 56.7 Å². The molecule has 12 aromatic rings. The van der Waals surface area contributed by atoms with Crippen molar-refractivity contribution in [2.24, 2.45) is 0 Å². The highest BCUT2D eigenvalue weighted by Crippen LogP contribution is 2.45. The number of hydrogen-bond acceptors (Lipinski definition) is 5. The number of furan rings is 1. The van der Waals surface area contributed by atoms with Crippen LogP contribution in [0.1, 0.15) is 18.2 Å². The van der Waals surface area contributed by atoms with Gasteiger partial charge in [0.25, 0.3) is 0 Å². The molecule has 0 radical (unpaired) electrons. The number of fused-ring (bicyclic) bond motifs is 12. The summed E-state index contributed by atoms with van der Waals surface area (Å²) in [6.45, 7) is 2.36. The minimum absolute atomic E-state index is 0.344. The van der Waals surface area contributed by atoms with Gasteiger partial charge >= 0.3 is 0 Å². The molecule has 0 spiro atoms. The molecule has 1 aliphatic carbocycles. The van der Waals surface area contributed by atoms with Crippen molar-refractivity contribution in [3.05, 3.63) is 181 Å². The summed E-state index contributed by atoms with van der Waals surface area (Å²) in [5, 5.41) is 10.9. The van der Waals surface area contributed by atoms with Crippen molar-refractivity contribution in [3.63, 3.8) is 0 Å². The van der Waals surface area contributed by atoms with Gasteiger partial charge in [-0.05, 0) is 89.1 Å². The van der Waals surface area contributed by atoms with Crippen LogP contribution in [0.3, 0.4) is 0 Å². The summed E-state index contributed by atoms with van der Waals surface area (Å²) < 4.78 is 11.7. The van der Waals surface area contributed by atoms with Crippen LogP contribution in [-0.2, 0) is 12.0 Å². The van der Waals surface area contributed by atoms with Crippen LogP contribution < -0.4 is 0 Å². The average molecular weight is 787 g/mol. The number of allylic oxidation sites excluding steroid dienone is 1. The van der Waals surface area contributed by atoms with Gasteiger partial charge in [-0.15, -0.1) is 11.3 Å². The Balaban J connectivity index is 0.948. The van der Waals surface area contributed by atoms with E-state index in [0.717, 1.165) is 50.6 Å². The molecular weight excluding hydrogens is 753 g/mol. The van der Waals surface area contributed by atoms with E-state index in [1.54, 1.807) is 0 Å². The molecule has 1 atom stereocenters. The van der Waals surface area contributed by atoms with Crippen molar-refractivity contribution in [1.29, 1.82) is 0 Å². The largest absolute Gasteiger partial charge is 0.456 e. The van der Waals surface area contributed by atoms with Gasteiger partial charge in [-0.25, -0.2) is 15.0 Å². The average Bonchev–Trinajstić information content (AvgIpc) is 3.97. The van der Waals surface area contributed by atoms with Gasteiger partial charge in [-0.3, -0.25) is 0 Å². The fourth-order valence-corrected chi connectivity index (χ4v) is 10.8. The predicted molar refractivity (Wildman–Crippen MR) is 250 cm³/mol. The van der Waals surface area contributed by atoms with Crippen LogP contribution in [0, 0.1) is 0 Å². The van der Waals surface area contributed by atoms with Gasteiger partial charge in [-0.1, -0.05) is 115 Å². The molecule has 4 aromatic heterocycles. The van der Waals surface area contributed by atoms with E-state index in [1.807, 2.05) is 29.5 Å². The molecule has 8 aromatic carbocycles. The summed E-state index contributed by atoms with van der Waals surface area (Å²) in [5.74, 6) is 2.86. The first-order valence-corrected chi connectivity index (χ1v) is 21.2. The molecule has 0 N–H and O–H groups in total. The molecule has 0 amide bonds. The number of para-hydroxylation sites is 1. The molecule has 1 aliphatic rings. The van der Waals surface area contributed by atoms with E-state index >= 15 is 0 Å². The molecule has 4 heterocycles. The molecule has 0 saturated carbocycles. The Morgan fingerprint density at radius 1 is 0.517 bits per heavy atom. The van der Waals surface area contributed by atoms with Crippen molar-refractivity contribution in [3.8, 4) is 34.2 Å². The summed E-state index contributed by atoms with van der Waals surface area (Å²) in [6, 6.07) is 58.4. The number of hydrogen-bond donors (Lipinski definition) is 0. The highest BCUT2D eigenvalue weighted by molar-refractivity contribution is 7.25. The number of benzene rings is 8. The molecule has 5 nitrogen and oxygen atoms in total. The first-order valence-electron chi connectivity index (χ1n) is 20.4. The van der Waals surface area contributed by atoms with Crippen molar-refractivity contribution >= 4 is 91.9 Å². The van der Waals surface area contributed by atoms with Gasteiger partial charge in [-0.2, -0.15) is 0 Å². The summed E-state index contributed by atoms with van der Waals surface area (Å²) >= 11 is 1.81. The molecule has 282 valence electrons. The lowest BCUT2D eigenvalue weighted by atomic mass is 9.85. The van der Waals surface area contributed by atoms with Crippen molar-refractivity contribution in [2.75, 3.05) is 0 Å². The van der Waals surface area contributed by atoms with Crippen LogP contribution in [0.15, 0.2) is 174 Å². The maximum atomic E-state index is 6.61. The van der Waals surface area contributed by atoms with Gasteiger partial charge in [0.2, 0.25) is 0 Å². The molecular formula is C54H34N4OS. The normalized spacial score (nSPS) is 15.3. The Labute approximate surface area is 348 Å². The molecule has 0 bridgehead atoms. The smallest absolute Gasteiger partial charge is 0.164 e. The van der Waals surface area contributed by atoms with Crippen molar-refractivity contribution in [1.82, 2.24) is 19.5 Å². The predicted octanol–water partition coefficient (Wildman–Crippen LogP) is 14.4. The van der Waals surface area contributed by atoms with E-state index in [1.165, 1.54) is 58.3 Å². The van der Waals surface area contributed by atoms with Gasteiger partial charge < -0.3 is 8.98 Å². The number of rotatable bonds is 4. The second-order valence-electron chi connectivity index (χ2n) is 16.2. The first kappa shape index (κ1) is 33.6. The Bertz CT molecular complexity index is 3780. The standard InChI is InChI=1S/C54H34N4OS/c1-54(58-44-17-9-7-15-39(44)41-28-33-13-5-6-14-34(33)30-45(41)58)26-25-46-43(31-54)50-38-22-19-36(27-35(38)20-23-47(50)59-46)52-55-51(32-11-3-2-4-12-32)56-53(57-52)37-21-24-49-42(29-37)40-16-8-10-18-48(40)60-49/h2-30H,31H2,1H3. The van der Waals surface area contributed by atoms with Crippen LogP contribution in [0.5, 0.6) is 0 Å². The second kappa shape index (κ2) is 12.5. The number of nitrogens with zero attached hydrogens (tertiary/aromatic N) is 4. The lowest BCUT2D eigenvalue weighted by Gasteiger charge is -2.33. The minimum Gasteiger partial charge on any atom is -0.456 e. The SMILES string of the molecule is CC1(n2c3ccccc3c3cc4ccccc4cc32)C=Cc2oc3ccc4cc(-c5nc(-c6ccccc6)nc(-c6ccc7sc8ccccc8c7c6)n5)ccc4c3c2C1. The van der Waals surface area contributed by atoms with Crippen molar-refractivity contribution in [2.45, 2.75) is 18.9 Å². The summed E-state index contributed by atoms with van der Waals surface area (Å²) in [6.07, 6.45) is 5.31. The molecule has 6 heteroatoms. The molecule has 0 aliphatic heterocycles. The van der Waals surface area contributed by atoms with Crippen LogP contribution in [0.25, 0.3) is 115 Å². The Morgan fingerprint density at radius 2 is 1.20 bits per heavy atom. The maximum absolute atomic E-state index is 6.61. The maximum Gasteiger partial charge on any atom is 0.164 e. The fourth-order valence-electron chi connectivity index (χ4n) is 9.71. The summed E-state index contributed by atoms with van der Waals surface area (Å²) in [7, 11) is 0. The molecule has 60 heavy (non-hydrogen) atoms.